The number of aromatic nitrogens is 4. The van der Waals surface area contributed by atoms with Crippen molar-refractivity contribution < 1.29 is 4.74 Å². The van der Waals surface area contributed by atoms with Gasteiger partial charge in [0.2, 0.25) is 5.95 Å². The maximum atomic E-state index is 13.9. The zero-order chi connectivity index (χ0) is 29.1. The number of anilines is 3. The molecule has 0 unspecified atom stereocenters. The van der Waals surface area contributed by atoms with E-state index in [2.05, 4.69) is 65.4 Å². The van der Waals surface area contributed by atoms with E-state index < -0.39 is 0 Å². The van der Waals surface area contributed by atoms with Crippen LogP contribution in [0.3, 0.4) is 0 Å². The lowest BCUT2D eigenvalue weighted by atomic mass is 10.0. The molecule has 41 heavy (non-hydrogen) atoms. The van der Waals surface area contributed by atoms with Crippen molar-refractivity contribution in [1.82, 2.24) is 24.4 Å². The van der Waals surface area contributed by atoms with Crippen LogP contribution in [0.15, 0.2) is 35.9 Å². The lowest BCUT2D eigenvalue weighted by Crippen LogP contribution is -2.53. The van der Waals surface area contributed by atoms with Crippen LogP contribution in [0.4, 0.5) is 17.5 Å². The topological polar surface area (TPSA) is 88.4 Å². The molecule has 0 atom stereocenters. The highest BCUT2D eigenvalue weighted by molar-refractivity contribution is 5.84. The molecule has 3 aromatic rings. The minimum Gasteiger partial charge on any atom is -0.493 e. The zero-order valence-corrected chi connectivity index (χ0v) is 25.4. The number of pyridine rings is 2. The number of piperazine rings is 1. The maximum Gasteiger partial charge on any atom is 0.263 e. The first-order chi connectivity index (χ1) is 19.7. The Morgan fingerprint density at radius 2 is 1.83 bits per heavy atom. The Kier molecular flexibility index (Phi) is 8.63. The zero-order valence-electron chi connectivity index (χ0n) is 25.4. The summed E-state index contributed by atoms with van der Waals surface area (Å²) < 4.78 is 7.76. The molecule has 1 N–H and O–H groups in total. The Bertz CT molecular complexity index is 1430. The van der Waals surface area contributed by atoms with Crippen LogP contribution in [0, 0.1) is 6.92 Å². The molecule has 0 aromatic carbocycles. The fourth-order valence-corrected chi connectivity index (χ4v) is 6.03. The van der Waals surface area contributed by atoms with E-state index in [1.807, 2.05) is 23.8 Å². The summed E-state index contributed by atoms with van der Waals surface area (Å²) in [5.74, 6) is 1.52. The smallest absolute Gasteiger partial charge is 0.263 e. The predicted molar refractivity (Wildman–Crippen MR) is 167 cm³/mol. The Balaban J connectivity index is 1.40. The molecule has 3 aromatic heterocycles. The standard InChI is InChI=1S/C32H45N7O2/c1-7-8-19-41-23(3)28-22(2)26-21-34-31(36-29(26)39(30(28)40)24-11-9-10-12-24)35-27-14-13-25(20-33-27)37-15-17-38(18-16-37)32(4,5)6/h13-14,20-21,24H,3,7-12,15-19H2,1-2,4-6H3,(H,33,34,35,36). The fourth-order valence-electron chi connectivity index (χ4n) is 6.03. The first-order valence-corrected chi connectivity index (χ1v) is 15.1. The fraction of sp³-hybridized carbons (Fsp3) is 0.562. The lowest BCUT2D eigenvalue weighted by Gasteiger charge is -2.42. The van der Waals surface area contributed by atoms with Crippen molar-refractivity contribution in [3.05, 3.63) is 52.6 Å². The third kappa shape index (κ3) is 6.25. The summed E-state index contributed by atoms with van der Waals surface area (Å²) in [6, 6.07) is 4.17. The van der Waals surface area contributed by atoms with Crippen LogP contribution in [0.25, 0.3) is 16.8 Å². The van der Waals surface area contributed by atoms with Crippen LogP contribution in [0.2, 0.25) is 0 Å². The van der Waals surface area contributed by atoms with Crippen LogP contribution < -0.4 is 15.8 Å². The molecule has 5 rings (SSSR count). The molecule has 0 bridgehead atoms. The van der Waals surface area contributed by atoms with Gasteiger partial charge in [0, 0.05) is 49.3 Å². The van der Waals surface area contributed by atoms with Crippen molar-refractivity contribution >= 4 is 34.2 Å². The summed E-state index contributed by atoms with van der Waals surface area (Å²) in [5.41, 5.74) is 3.21. The number of unbranched alkanes of at least 4 members (excludes halogenated alkanes) is 1. The quantitative estimate of drug-likeness (QED) is 0.250. The number of fused-ring (bicyclic) bond motifs is 1. The second-order valence-electron chi connectivity index (χ2n) is 12.3. The molecule has 1 aliphatic carbocycles. The highest BCUT2D eigenvalue weighted by Crippen LogP contribution is 2.33. The van der Waals surface area contributed by atoms with Gasteiger partial charge in [-0.15, -0.1) is 0 Å². The second-order valence-corrected chi connectivity index (χ2v) is 12.3. The molecule has 1 saturated heterocycles. The number of hydrogen-bond donors (Lipinski definition) is 1. The monoisotopic (exact) mass is 559 g/mol. The molecule has 0 amide bonds. The van der Waals surface area contributed by atoms with Gasteiger partial charge in [-0.05, 0) is 64.7 Å². The third-order valence-corrected chi connectivity index (χ3v) is 8.53. The van der Waals surface area contributed by atoms with Crippen LogP contribution in [0.5, 0.6) is 0 Å². The molecular formula is C32H45N7O2. The van der Waals surface area contributed by atoms with Gasteiger partial charge in [-0.25, -0.2) is 9.97 Å². The van der Waals surface area contributed by atoms with E-state index in [1.165, 1.54) is 0 Å². The van der Waals surface area contributed by atoms with Gasteiger partial charge in [0.1, 0.15) is 17.2 Å². The van der Waals surface area contributed by atoms with Crippen molar-refractivity contribution in [1.29, 1.82) is 0 Å². The Morgan fingerprint density at radius 3 is 2.46 bits per heavy atom. The van der Waals surface area contributed by atoms with Gasteiger partial charge in [0.25, 0.3) is 5.56 Å². The molecule has 4 heterocycles. The van der Waals surface area contributed by atoms with Gasteiger partial charge in [-0.1, -0.05) is 32.8 Å². The summed E-state index contributed by atoms with van der Waals surface area (Å²) in [7, 11) is 0. The number of nitrogens with zero attached hydrogens (tertiary/aromatic N) is 6. The van der Waals surface area contributed by atoms with E-state index in [0.717, 1.165) is 81.3 Å². The van der Waals surface area contributed by atoms with Crippen LogP contribution in [-0.4, -0.2) is 62.7 Å². The number of ether oxygens (including phenoxy) is 1. The van der Waals surface area contributed by atoms with Crippen LogP contribution in [-0.2, 0) is 4.74 Å². The van der Waals surface area contributed by atoms with Gasteiger partial charge in [-0.3, -0.25) is 14.3 Å². The summed E-state index contributed by atoms with van der Waals surface area (Å²) in [5, 5.41) is 4.11. The van der Waals surface area contributed by atoms with E-state index in [9.17, 15) is 4.79 Å². The molecule has 0 spiro atoms. The maximum absolute atomic E-state index is 13.9. The molecule has 9 nitrogen and oxygen atoms in total. The molecule has 1 saturated carbocycles. The highest BCUT2D eigenvalue weighted by atomic mass is 16.5. The van der Waals surface area contributed by atoms with E-state index in [-0.39, 0.29) is 17.1 Å². The summed E-state index contributed by atoms with van der Waals surface area (Å²) in [4.78, 5) is 33.0. The lowest BCUT2D eigenvalue weighted by molar-refractivity contribution is 0.128. The van der Waals surface area contributed by atoms with Crippen molar-refractivity contribution in [2.24, 2.45) is 0 Å². The molecule has 0 radical (unpaired) electrons. The Morgan fingerprint density at radius 1 is 1.10 bits per heavy atom. The average Bonchev–Trinajstić information content (AvgIpc) is 3.48. The van der Waals surface area contributed by atoms with E-state index in [4.69, 9.17) is 9.72 Å². The first-order valence-electron chi connectivity index (χ1n) is 15.1. The summed E-state index contributed by atoms with van der Waals surface area (Å²) in [6.07, 6.45) is 9.78. The van der Waals surface area contributed by atoms with Crippen molar-refractivity contribution in [3.8, 4) is 0 Å². The Labute approximate surface area is 243 Å². The number of nitrogens with one attached hydrogen (secondary N) is 1. The minimum atomic E-state index is -0.0814. The highest BCUT2D eigenvalue weighted by Gasteiger charge is 2.27. The van der Waals surface area contributed by atoms with E-state index in [1.54, 1.807) is 6.20 Å². The Hall–Kier alpha value is -3.46. The normalized spacial score (nSPS) is 16.9. The molecular weight excluding hydrogens is 514 g/mol. The summed E-state index contributed by atoms with van der Waals surface area (Å²) >= 11 is 0. The van der Waals surface area contributed by atoms with Gasteiger partial charge < -0.3 is 15.0 Å². The van der Waals surface area contributed by atoms with E-state index in [0.29, 0.717) is 35.3 Å². The molecule has 1 aliphatic heterocycles. The largest absolute Gasteiger partial charge is 0.493 e. The van der Waals surface area contributed by atoms with Gasteiger partial charge in [-0.2, -0.15) is 4.98 Å². The molecule has 220 valence electrons. The molecule has 2 aliphatic rings. The van der Waals surface area contributed by atoms with Crippen molar-refractivity contribution in [3.63, 3.8) is 0 Å². The number of rotatable bonds is 9. The summed E-state index contributed by atoms with van der Waals surface area (Å²) in [6.45, 7) is 19.6. The number of hydrogen-bond acceptors (Lipinski definition) is 8. The van der Waals surface area contributed by atoms with Crippen LogP contribution in [0.1, 0.15) is 83.4 Å². The SMILES string of the molecule is C=C(OCCCC)c1c(C)c2cnc(Nc3ccc(N4CCN(C(C)(C)C)CC4)cn3)nc2n(C2CCCC2)c1=O. The van der Waals surface area contributed by atoms with Crippen LogP contribution >= 0.6 is 0 Å². The third-order valence-electron chi connectivity index (χ3n) is 8.53. The predicted octanol–water partition coefficient (Wildman–Crippen LogP) is 6.06. The average molecular weight is 560 g/mol. The minimum absolute atomic E-state index is 0.0814. The molecule has 9 heteroatoms. The first kappa shape index (κ1) is 29.0. The van der Waals surface area contributed by atoms with Gasteiger partial charge in [0.05, 0.1) is 24.1 Å². The van der Waals surface area contributed by atoms with Crippen molar-refractivity contribution in [2.75, 3.05) is 43.0 Å². The van der Waals surface area contributed by atoms with Crippen molar-refractivity contribution in [2.45, 2.75) is 84.7 Å². The number of aryl methyl sites for hydroxylation is 1. The van der Waals surface area contributed by atoms with Gasteiger partial charge >= 0.3 is 0 Å². The van der Waals surface area contributed by atoms with E-state index >= 15 is 0 Å². The molecule has 2 fully saturated rings. The second kappa shape index (κ2) is 12.2. The van der Waals surface area contributed by atoms with Gasteiger partial charge in [0.15, 0.2) is 0 Å².